The number of hydrogen-bond donors (Lipinski definition) is 3. The highest BCUT2D eigenvalue weighted by molar-refractivity contribution is 7.99. The largest absolute Gasteiger partial charge is 0.494 e. The molecule has 0 unspecified atom stereocenters. The lowest BCUT2D eigenvalue weighted by Crippen LogP contribution is -2.52. The third kappa shape index (κ3) is 4.64. The summed E-state index contributed by atoms with van der Waals surface area (Å²) in [5.41, 5.74) is 2.06. The number of aliphatic hydroxyl groups excluding tert-OH is 3. The van der Waals surface area contributed by atoms with Gasteiger partial charge in [-0.05, 0) is 54.5 Å². The topological polar surface area (TPSA) is 79.2 Å². The van der Waals surface area contributed by atoms with Crippen molar-refractivity contribution in [3.63, 3.8) is 0 Å². The van der Waals surface area contributed by atoms with Gasteiger partial charge in [0.2, 0.25) is 0 Å². The second-order valence-electron chi connectivity index (χ2n) is 6.74. The van der Waals surface area contributed by atoms with Gasteiger partial charge < -0.3 is 24.8 Å². The highest BCUT2D eigenvalue weighted by Gasteiger charge is 2.44. The number of hydrogen-bond acceptors (Lipinski definition) is 6. The highest BCUT2D eigenvalue weighted by Crippen LogP contribution is 2.37. The van der Waals surface area contributed by atoms with Gasteiger partial charge in [0.15, 0.2) is 0 Å². The second-order valence-corrected chi connectivity index (χ2v) is 8.08. The molecule has 1 saturated heterocycles. The summed E-state index contributed by atoms with van der Waals surface area (Å²) in [6, 6.07) is 13.3. The molecular weight excluding hydrogens is 400 g/mol. The Morgan fingerprint density at radius 3 is 2.39 bits per heavy atom. The highest BCUT2D eigenvalue weighted by atomic mass is 35.5. The molecule has 5 nitrogen and oxygen atoms in total. The number of thioether (sulfide) groups is 1. The maximum atomic E-state index is 10.4. The first-order valence-corrected chi connectivity index (χ1v) is 10.8. The molecule has 1 aliphatic rings. The van der Waals surface area contributed by atoms with Gasteiger partial charge in [0.25, 0.3) is 0 Å². The first-order chi connectivity index (χ1) is 13.4. The summed E-state index contributed by atoms with van der Waals surface area (Å²) in [6.07, 6.45) is -1.99. The van der Waals surface area contributed by atoms with E-state index in [9.17, 15) is 15.3 Å². The van der Waals surface area contributed by atoms with Gasteiger partial charge in [-0.25, -0.2) is 0 Å². The van der Waals surface area contributed by atoms with E-state index >= 15 is 0 Å². The minimum Gasteiger partial charge on any atom is -0.494 e. The second kappa shape index (κ2) is 9.48. The van der Waals surface area contributed by atoms with Crippen LogP contribution < -0.4 is 4.74 Å². The number of rotatable bonds is 6. The van der Waals surface area contributed by atoms with Gasteiger partial charge in [-0.15, -0.1) is 11.8 Å². The third-order valence-corrected chi connectivity index (χ3v) is 6.05. The Bertz CT molecular complexity index is 783. The van der Waals surface area contributed by atoms with Crippen molar-refractivity contribution < 1.29 is 24.8 Å². The van der Waals surface area contributed by atoms with Gasteiger partial charge in [0.05, 0.1) is 6.61 Å². The molecule has 3 rings (SSSR count). The van der Waals surface area contributed by atoms with E-state index in [4.69, 9.17) is 21.1 Å². The van der Waals surface area contributed by atoms with Crippen LogP contribution in [-0.4, -0.2) is 51.9 Å². The summed E-state index contributed by atoms with van der Waals surface area (Å²) in [5, 5.41) is 31.2. The standard InChI is InChI=1S/C21H25ClO5S/c1-3-26-15-7-4-12(5-8-15)10-14-11-13(6-9-16(14)22)20-18(24)17(23)19(25)21(27-20)28-2/h4-9,11,17-21,23-25H,3,10H2,1-2H3/t17-,18-,19+,20+,21+/m1/s1. The molecule has 3 N–H and O–H groups in total. The van der Waals surface area contributed by atoms with E-state index < -0.39 is 29.9 Å². The Kier molecular flexibility index (Phi) is 7.25. The van der Waals surface area contributed by atoms with Crippen molar-refractivity contribution in [1.29, 1.82) is 0 Å². The van der Waals surface area contributed by atoms with E-state index in [0.29, 0.717) is 23.6 Å². The van der Waals surface area contributed by atoms with E-state index in [1.54, 1.807) is 18.4 Å². The molecular formula is C21H25ClO5S. The van der Waals surface area contributed by atoms with Crippen LogP contribution in [0.15, 0.2) is 42.5 Å². The Labute approximate surface area is 174 Å². The Morgan fingerprint density at radius 2 is 1.75 bits per heavy atom. The molecule has 1 heterocycles. The van der Waals surface area contributed by atoms with Gasteiger partial charge in [-0.1, -0.05) is 35.9 Å². The van der Waals surface area contributed by atoms with Crippen molar-refractivity contribution in [3.8, 4) is 5.75 Å². The molecule has 0 spiro atoms. The summed E-state index contributed by atoms with van der Waals surface area (Å²) in [6.45, 7) is 2.56. The minimum atomic E-state index is -1.28. The monoisotopic (exact) mass is 424 g/mol. The number of benzene rings is 2. The molecule has 0 aliphatic carbocycles. The van der Waals surface area contributed by atoms with Crippen LogP contribution in [-0.2, 0) is 11.2 Å². The van der Waals surface area contributed by atoms with Crippen molar-refractivity contribution in [2.24, 2.45) is 0 Å². The number of ether oxygens (including phenoxy) is 2. The summed E-state index contributed by atoms with van der Waals surface area (Å²) < 4.78 is 11.3. The van der Waals surface area contributed by atoms with Crippen molar-refractivity contribution >= 4 is 23.4 Å². The SMILES string of the molecule is CCOc1ccc(Cc2cc([C@@H]3O[C@@H](SC)[C@@H](O)[C@H](O)[C@H]3O)ccc2Cl)cc1. The molecule has 2 aromatic carbocycles. The number of aliphatic hydroxyl groups is 3. The lowest BCUT2D eigenvalue weighted by Gasteiger charge is -2.40. The molecule has 1 aliphatic heterocycles. The minimum absolute atomic E-state index is 0.610. The lowest BCUT2D eigenvalue weighted by molar-refractivity contribution is -0.200. The zero-order chi connectivity index (χ0) is 20.3. The smallest absolute Gasteiger partial charge is 0.132 e. The van der Waals surface area contributed by atoms with Crippen LogP contribution in [0.25, 0.3) is 0 Å². The van der Waals surface area contributed by atoms with E-state index in [1.807, 2.05) is 37.3 Å². The molecule has 152 valence electrons. The van der Waals surface area contributed by atoms with Crippen LogP contribution in [0, 0.1) is 0 Å². The predicted molar refractivity (Wildman–Crippen MR) is 111 cm³/mol. The molecule has 0 saturated carbocycles. The van der Waals surface area contributed by atoms with E-state index in [0.717, 1.165) is 16.9 Å². The molecule has 0 amide bonds. The fourth-order valence-electron chi connectivity index (χ4n) is 3.32. The zero-order valence-electron chi connectivity index (χ0n) is 15.8. The van der Waals surface area contributed by atoms with Crippen molar-refractivity contribution in [3.05, 3.63) is 64.2 Å². The van der Waals surface area contributed by atoms with Crippen molar-refractivity contribution in [2.75, 3.05) is 12.9 Å². The van der Waals surface area contributed by atoms with Crippen LogP contribution in [0.3, 0.4) is 0 Å². The maximum Gasteiger partial charge on any atom is 0.132 e. The molecule has 28 heavy (non-hydrogen) atoms. The van der Waals surface area contributed by atoms with Crippen LogP contribution in [0.2, 0.25) is 5.02 Å². The zero-order valence-corrected chi connectivity index (χ0v) is 17.4. The normalized spacial score (nSPS) is 27.6. The molecule has 0 aromatic heterocycles. The summed E-state index contributed by atoms with van der Waals surface area (Å²) in [4.78, 5) is 0. The maximum absolute atomic E-state index is 10.4. The summed E-state index contributed by atoms with van der Waals surface area (Å²) in [7, 11) is 0. The third-order valence-electron chi connectivity index (χ3n) is 4.83. The first-order valence-electron chi connectivity index (χ1n) is 9.17. The van der Waals surface area contributed by atoms with Crippen molar-refractivity contribution in [2.45, 2.75) is 43.2 Å². The van der Waals surface area contributed by atoms with Crippen LogP contribution in [0.4, 0.5) is 0 Å². The molecule has 7 heteroatoms. The van der Waals surface area contributed by atoms with Crippen molar-refractivity contribution in [1.82, 2.24) is 0 Å². The Balaban J connectivity index is 1.82. The van der Waals surface area contributed by atoms with Gasteiger partial charge in [0.1, 0.15) is 35.6 Å². The lowest BCUT2D eigenvalue weighted by atomic mass is 9.92. The summed E-state index contributed by atoms with van der Waals surface area (Å²) >= 11 is 7.68. The van der Waals surface area contributed by atoms with Crippen LogP contribution in [0.5, 0.6) is 5.75 Å². The summed E-state index contributed by atoms with van der Waals surface area (Å²) in [5.74, 6) is 0.820. The average molecular weight is 425 g/mol. The Hall–Kier alpha value is -1.28. The molecule has 0 bridgehead atoms. The molecule has 2 aromatic rings. The fraction of sp³-hybridized carbons (Fsp3) is 0.429. The van der Waals surface area contributed by atoms with Gasteiger partial charge >= 0.3 is 0 Å². The average Bonchev–Trinajstić information content (AvgIpc) is 2.70. The van der Waals surface area contributed by atoms with E-state index in [2.05, 4.69) is 0 Å². The Morgan fingerprint density at radius 1 is 1.04 bits per heavy atom. The predicted octanol–water partition coefficient (Wildman–Crippen LogP) is 3.17. The van der Waals surface area contributed by atoms with E-state index in [1.165, 1.54) is 11.8 Å². The van der Waals surface area contributed by atoms with Gasteiger partial charge in [0, 0.05) is 5.02 Å². The van der Waals surface area contributed by atoms with Crippen LogP contribution >= 0.6 is 23.4 Å². The molecule has 0 radical (unpaired) electrons. The molecule has 5 atom stereocenters. The van der Waals surface area contributed by atoms with E-state index in [-0.39, 0.29) is 0 Å². The van der Waals surface area contributed by atoms with Gasteiger partial charge in [-0.2, -0.15) is 0 Å². The molecule has 1 fully saturated rings. The van der Waals surface area contributed by atoms with Crippen LogP contribution in [0.1, 0.15) is 29.7 Å². The number of halogens is 1. The quantitative estimate of drug-likeness (QED) is 0.661. The fourth-order valence-corrected chi connectivity index (χ4v) is 4.17. The van der Waals surface area contributed by atoms with Gasteiger partial charge in [-0.3, -0.25) is 0 Å². The first kappa shape index (κ1) is 21.4.